The van der Waals surface area contributed by atoms with Gasteiger partial charge in [0.15, 0.2) is 0 Å². The quantitative estimate of drug-likeness (QED) is 0.522. The van der Waals surface area contributed by atoms with Gasteiger partial charge >= 0.3 is 5.97 Å². The highest BCUT2D eigenvalue weighted by atomic mass is 32.2. The molecular weight excluding hydrogens is 346 g/mol. The number of unbranched alkanes of at least 4 members (excludes halogenated alkanes) is 1. The second-order valence-electron chi connectivity index (χ2n) is 5.66. The van der Waals surface area contributed by atoms with E-state index in [0.717, 1.165) is 21.5 Å². The van der Waals surface area contributed by atoms with Crippen molar-refractivity contribution in [2.75, 3.05) is 39.6 Å². The Kier molecular flexibility index (Phi) is 8.01. The lowest BCUT2D eigenvalue weighted by Crippen LogP contribution is -2.41. The molecule has 0 spiro atoms. The highest BCUT2D eigenvalue weighted by Gasteiger charge is 2.22. The molecule has 0 atom stereocenters. The Hall–Kier alpha value is -1.97. The molecule has 1 N–H and O–H groups in total. The number of anilines is 1. The van der Waals surface area contributed by atoms with Crippen molar-refractivity contribution >= 4 is 27.8 Å². The average Bonchev–Trinajstić information content (AvgIpc) is 2.55. The van der Waals surface area contributed by atoms with Crippen molar-refractivity contribution in [3.8, 4) is 0 Å². The summed E-state index contributed by atoms with van der Waals surface area (Å²) in [6.07, 6.45) is 1.75. The van der Waals surface area contributed by atoms with Crippen LogP contribution in [0.3, 0.4) is 0 Å². The molecule has 0 bridgehead atoms. The minimum absolute atomic E-state index is 0.318. The first-order chi connectivity index (χ1) is 11.7. The standard InChI is InChI=1S/C16H25N3O5S/c1-5-6-11-24-16(21)13-7-9-14(10-8-13)17-15(20)12-19(4)25(22,23)18(2)3/h7-10H,5-6,11-12H2,1-4H3,(H,17,20). The van der Waals surface area contributed by atoms with Gasteiger partial charge < -0.3 is 10.1 Å². The number of rotatable bonds is 9. The first-order valence-electron chi connectivity index (χ1n) is 7.89. The van der Waals surface area contributed by atoms with Gasteiger partial charge in [-0.15, -0.1) is 0 Å². The Morgan fingerprint density at radius 2 is 1.72 bits per heavy atom. The van der Waals surface area contributed by atoms with Gasteiger partial charge in [-0.05, 0) is 30.7 Å². The van der Waals surface area contributed by atoms with Crippen LogP contribution in [0.2, 0.25) is 0 Å². The number of nitrogens with zero attached hydrogens (tertiary/aromatic N) is 2. The summed E-state index contributed by atoms with van der Waals surface area (Å²) in [5.74, 6) is -0.894. The van der Waals surface area contributed by atoms with Gasteiger partial charge in [0, 0.05) is 26.8 Å². The van der Waals surface area contributed by atoms with Gasteiger partial charge in [0.1, 0.15) is 0 Å². The molecule has 8 nitrogen and oxygen atoms in total. The fraction of sp³-hybridized carbons (Fsp3) is 0.500. The molecule has 0 radical (unpaired) electrons. The number of hydrogen-bond donors (Lipinski definition) is 1. The summed E-state index contributed by atoms with van der Waals surface area (Å²) in [5.41, 5.74) is 0.854. The summed E-state index contributed by atoms with van der Waals surface area (Å²) >= 11 is 0. The Bertz CT molecular complexity index is 686. The summed E-state index contributed by atoms with van der Waals surface area (Å²) in [7, 11) is 0.457. The minimum Gasteiger partial charge on any atom is -0.462 e. The van der Waals surface area contributed by atoms with Gasteiger partial charge in [0.25, 0.3) is 10.2 Å². The van der Waals surface area contributed by atoms with Crippen LogP contribution in [0.4, 0.5) is 5.69 Å². The molecule has 1 aromatic rings. The van der Waals surface area contributed by atoms with E-state index in [9.17, 15) is 18.0 Å². The molecule has 9 heteroatoms. The van der Waals surface area contributed by atoms with Crippen LogP contribution >= 0.6 is 0 Å². The van der Waals surface area contributed by atoms with Crippen LogP contribution in [0.25, 0.3) is 0 Å². The molecule has 0 aliphatic carbocycles. The summed E-state index contributed by atoms with van der Waals surface area (Å²) < 4.78 is 30.8. The number of benzene rings is 1. The summed E-state index contributed by atoms with van der Waals surface area (Å²) in [6, 6.07) is 6.22. The average molecular weight is 371 g/mol. The maximum Gasteiger partial charge on any atom is 0.338 e. The van der Waals surface area contributed by atoms with Crippen molar-refractivity contribution in [3.05, 3.63) is 29.8 Å². The summed E-state index contributed by atoms with van der Waals surface area (Å²) in [5, 5.41) is 2.59. The van der Waals surface area contributed by atoms with Crippen molar-refractivity contribution in [2.24, 2.45) is 0 Å². The molecule has 25 heavy (non-hydrogen) atoms. The summed E-state index contributed by atoms with van der Waals surface area (Å²) in [6.45, 7) is 2.06. The lowest BCUT2D eigenvalue weighted by atomic mass is 10.2. The SMILES string of the molecule is CCCCOC(=O)c1ccc(NC(=O)CN(C)S(=O)(=O)N(C)C)cc1. The molecule has 140 valence electrons. The third-order valence-corrected chi connectivity index (χ3v) is 5.20. The van der Waals surface area contributed by atoms with Crippen molar-refractivity contribution in [3.63, 3.8) is 0 Å². The molecule has 0 aromatic heterocycles. The van der Waals surface area contributed by atoms with Crippen molar-refractivity contribution in [1.29, 1.82) is 0 Å². The Balaban J connectivity index is 2.60. The van der Waals surface area contributed by atoms with E-state index in [1.807, 2.05) is 6.92 Å². The maximum atomic E-state index is 12.0. The number of carbonyl (C=O) groups excluding carboxylic acids is 2. The Morgan fingerprint density at radius 3 is 2.24 bits per heavy atom. The molecule has 0 fully saturated rings. The van der Waals surface area contributed by atoms with Gasteiger partial charge in [0.2, 0.25) is 5.91 Å². The van der Waals surface area contributed by atoms with Gasteiger partial charge in [0.05, 0.1) is 18.7 Å². The maximum absolute atomic E-state index is 12.0. The highest BCUT2D eigenvalue weighted by molar-refractivity contribution is 7.86. The predicted octanol–water partition coefficient (Wildman–Crippen LogP) is 1.32. The number of carbonyl (C=O) groups is 2. The van der Waals surface area contributed by atoms with Crippen LogP contribution in [0.15, 0.2) is 24.3 Å². The van der Waals surface area contributed by atoms with E-state index in [4.69, 9.17) is 4.74 Å². The van der Waals surface area contributed by atoms with Gasteiger partial charge in [-0.2, -0.15) is 17.0 Å². The van der Waals surface area contributed by atoms with Crippen molar-refractivity contribution in [1.82, 2.24) is 8.61 Å². The fourth-order valence-corrected chi connectivity index (χ4v) is 2.68. The zero-order valence-electron chi connectivity index (χ0n) is 15.0. The molecule has 0 heterocycles. The molecule has 1 aromatic carbocycles. The Labute approximate surface area is 148 Å². The highest BCUT2D eigenvalue weighted by Crippen LogP contribution is 2.11. The lowest BCUT2D eigenvalue weighted by molar-refractivity contribution is -0.116. The molecule has 0 saturated heterocycles. The number of esters is 1. The van der Waals surface area contributed by atoms with Gasteiger partial charge in [-0.25, -0.2) is 4.79 Å². The molecular formula is C16H25N3O5S. The molecule has 0 aliphatic rings. The fourth-order valence-electron chi connectivity index (χ4n) is 1.85. The van der Waals surface area contributed by atoms with Crippen molar-refractivity contribution < 1.29 is 22.7 Å². The first-order valence-corrected chi connectivity index (χ1v) is 9.29. The molecule has 1 rings (SSSR count). The monoisotopic (exact) mass is 371 g/mol. The second kappa shape index (κ2) is 9.50. The van der Waals surface area contributed by atoms with Gasteiger partial charge in [-0.3, -0.25) is 4.79 Å². The van der Waals surface area contributed by atoms with E-state index in [1.54, 1.807) is 24.3 Å². The number of nitrogens with one attached hydrogen (secondary N) is 1. The van der Waals surface area contributed by atoms with Crippen LogP contribution < -0.4 is 5.32 Å². The zero-order valence-corrected chi connectivity index (χ0v) is 15.8. The Morgan fingerprint density at radius 1 is 1.12 bits per heavy atom. The summed E-state index contributed by atoms with van der Waals surface area (Å²) in [4.78, 5) is 23.7. The molecule has 0 aliphatic heterocycles. The van der Waals surface area contributed by atoms with Crippen LogP contribution in [0.1, 0.15) is 30.1 Å². The zero-order chi connectivity index (χ0) is 19.0. The van der Waals surface area contributed by atoms with E-state index in [-0.39, 0.29) is 6.54 Å². The molecule has 0 unspecified atom stereocenters. The van der Waals surface area contributed by atoms with E-state index >= 15 is 0 Å². The number of ether oxygens (including phenoxy) is 1. The van der Waals surface area contributed by atoms with Crippen LogP contribution in [-0.2, 0) is 19.7 Å². The second-order valence-corrected chi connectivity index (χ2v) is 7.91. The van der Waals surface area contributed by atoms with Crippen LogP contribution in [0, 0.1) is 0 Å². The van der Waals surface area contributed by atoms with Gasteiger partial charge in [-0.1, -0.05) is 13.3 Å². The largest absolute Gasteiger partial charge is 0.462 e. The first kappa shape index (κ1) is 21.1. The normalized spacial score (nSPS) is 11.6. The third kappa shape index (κ3) is 6.45. The number of amides is 1. The van der Waals surface area contributed by atoms with Crippen molar-refractivity contribution in [2.45, 2.75) is 19.8 Å². The van der Waals surface area contributed by atoms with Crippen LogP contribution in [0.5, 0.6) is 0 Å². The lowest BCUT2D eigenvalue weighted by Gasteiger charge is -2.20. The third-order valence-electron chi connectivity index (χ3n) is 3.36. The molecule has 0 saturated carbocycles. The van der Waals surface area contributed by atoms with E-state index in [0.29, 0.717) is 17.9 Å². The smallest absolute Gasteiger partial charge is 0.338 e. The van der Waals surface area contributed by atoms with E-state index < -0.39 is 22.1 Å². The van der Waals surface area contributed by atoms with E-state index in [1.165, 1.54) is 21.1 Å². The van der Waals surface area contributed by atoms with E-state index in [2.05, 4.69) is 5.32 Å². The number of hydrogen-bond acceptors (Lipinski definition) is 5. The minimum atomic E-state index is -3.65. The molecule has 1 amide bonds. The number of likely N-dealkylation sites (N-methyl/N-ethyl adjacent to an activating group) is 1. The van der Waals surface area contributed by atoms with Crippen LogP contribution in [-0.4, -0.2) is 63.2 Å². The predicted molar refractivity (Wildman–Crippen MR) is 95.5 cm³/mol. The topological polar surface area (TPSA) is 96.0 Å².